The molecule has 0 aromatic carbocycles. The molecule has 0 heterocycles. The molecule has 2 unspecified atom stereocenters. The van der Waals surface area contributed by atoms with Gasteiger partial charge in [0.2, 0.25) is 0 Å². The van der Waals surface area contributed by atoms with Crippen molar-refractivity contribution in [1.82, 2.24) is 0 Å². The van der Waals surface area contributed by atoms with Crippen molar-refractivity contribution in [1.29, 1.82) is 0 Å². The van der Waals surface area contributed by atoms with Crippen molar-refractivity contribution in [2.75, 3.05) is 0 Å². The van der Waals surface area contributed by atoms with E-state index in [1.54, 1.807) is 0 Å². The fourth-order valence-corrected chi connectivity index (χ4v) is 3.88. The molecule has 0 spiro atoms. The Kier molecular flexibility index (Phi) is 31.0. The van der Waals surface area contributed by atoms with Gasteiger partial charge in [-0.05, 0) is 37.5 Å². The summed E-state index contributed by atoms with van der Waals surface area (Å²) in [5.74, 6) is -2.66. The zero-order chi connectivity index (χ0) is 21.0. The van der Waals surface area contributed by atoms with Gasteiger partial charge in [0.25, 0.3) is 0 Å². The van der Waals surface area contributed by atoms with Crippen molar-refractivity contribution in [3.63, 3.8) is 0 Å². The molecule has 0 aromatic rings. The normalized spacial score (nSPS) is 12.5. The predicted octanol–water partition coefficient (Wildman–Crippen LogP) is -1.21. The molecule has 0 bridgehead atoms. The van der Waals surface area contributed by atoms with E-state index in [2.05, 4.69) is 13.8 Å². The second kappa shape index (κ2) is 26.2. The van der Waals surface area contributed by atoms with E-state index < -0.39 is 11.9 Å². The van der Waals surface area contributed by atoms with Crippen LogP contribution < -0.4 is 69.3 Å². The smallest absolute Gasteiger partial charge is 0.550 e. The molecule has 4 nitrogen and oxygen atoms in total. The van der Waals surface area contributed by atoms with Crippen LogP contribution in [0.4, 0.5) is 0 Å². The first kappa shape index (κ1) is 35.5. The molecule has 0 aromatic heterocycles. The van der Waals surface area contributed by atoms with Gasteiger partial charge in [0.1, 0.15) is 0 Å². The van der Waals surface area contributed by atoms with E-state index in [1.807, 2.05) is 0 Å². The van der Waals surface area contributed by atoms with Crippen molar-refractivity contribution in [2.24, 2.45) is 11.8 Å². The Hall–Kier alpha value is 0.940. The summed E-state index contributed by atoms with van der Waals surface area (Å²) in [6, 6.07) is 0. The van der Waals surface area contributed by atoms with Gasteiger partial charge in [0, 0.05) is 11.9 Å². The predicted molar refractivity (Wildman–Crippen MR) is 111 cm³/mol. The molecule has 166 valence electrons. The Morgan fingerprint density at radius 1 is 0.500 bits per heavy atom. The molecule has 0 rings (SSSR count). The van der Waals surface area contributed by atoms with Crippen LogP contribution in [0.25, 0.3) is 0 Å². The zero-order valence-corrected chi connectivity index (χ0v) is 24.5. The summed E-state index contributed by atoms with van der Waals surface area (Å²) in [5.41, 5.74) is 0. The minimum atomic E-state index is -0.947. The summed E-state index contributed by atoms with van der Waals surface area (Å²) in [6.07, 6.45) is 17.9. The molecule has 0 N–H and O–H groups in total. The molecule has 0 aliphatic heterocycles. The van der Waals surface area contributed by atoms with Crippen LogP contribution in [0.1, 0.15) is 129 Å². The summed E-state index contributed by atoms with van der Waals surface area (Å²) in [7, 11) is 0. The van der Waals surface area contributed by atoms with Gasteiger partial charge in [0.05, 0.1) is 0 Å². The van der Waals surface area contributed by atoms with Gasteiger partial charge in [-0.3, -0.25) is 0 Å². The maximum Gasteiger partial charge on any atom is 1.00 e. The van der Waals surface area contributed by atoms with Gasteiger partial charge >= 0.3 is 59.1 Å². The Labute approximate surface area is 230 Å². The van der Waals surface area contributed by atoms with Crippen LogP contribution in [0, 0.1) is 11.8 Å². The molecule has 0 amide bonds. The molecule has 0 fully saturated rings. The van der Waals surface area contributed by atoms with Crippen LogP contribution in [0.2, 0.25) is 0 Å². The average molecular weight is 443 g/mol. The first-order valence-corrected chi connectivity index (χ1v) is 11.9. The quantitative estimate of drug-likeness (QED) is 0.165. The Bertz CT molecular complexity index is 355. The van der Waals surface area contributed by atoms with E-state index in [0.717, 1.165) is 38.5 Å². The van der Waals surface area contributed by atoms with Gasteiger partial charge in [0.15, 0.2) is 0 Å². The molecule has 0 saturated carbocycles. The van der Waals surface area contributed by atoms with Gasteiger partial charge in [-0.25, -0.2) is 0 Å². The molecule has 0 aliphatic rings. The minimum absolute atomic E-state index is 0. The van der Waals surface area contributed by atoms with Crippen LogP contribution in [0.15, 0.2) is 0 Å². The molecule has 0 radical (unpaired) electrons. The topological polar surface area (TPSA) is 80.3 Å². The third-order valence-electron chi connectivity index (χ3n) is 5.83. The van der Waals surface area contributed by atoms with Crippen molar-refractivity contribution in [3.8, 4) is 0 Å². The van der Waals surface area contributed by atoms with E-state index in [4.69, 9.17) is 0 Å². The van der Waals surface area contributed by atoms with E-state index in [-0.39, 0.29) is 71.0 Å². The minimum Gasteiger partial charge on any atom is -0.550 e. The number of hydrogen-bond donors (Lipinski definition) is 0. The standard InChI is InChI=1S/C24H46O4.2Na/c1-3-5-7-9-11-13-17-21(23(25)26)19-15-16-20-22(24(27)28)18-14-12-10-8-6-4-2;;/h21-22H,3-20H2,1-2H3,(H,25,26)(H,27,28);;/q;2*+1/p-2. The van der Waals surface area contributed by atoms with Crippen LogP contribution in [0.3, 0.4) is 0 Å². The van der Waals surface area contributed by atoms with Crippen molar-refractivity contribution in [3.05, 3.63) is 0 Å². The van der Waals surface area contributed by atoms with E-state index in [0.29, 0.717) is 25.7 Å². The van der Waals surface area contributed by atoms with Gasteiger partial charge in [-0.15, -0.1) is 0 Å². The van der Waals surface area contributed by atoms with Crippen molar-refractivity contribution >= 4 is 11.9 Å². The number of carboxylic acids is 2. The second-order valence-electron chi connectivity index (χ2n) is 8.43. The Morgan fingerprint density at radius 3 is 1.00 bits per heavy atom. The van der Waals surface area contributed by atoms with Crippen molar-refractivity contribution < 1.29 is 78.9 Å². The average Bonchev–Trinajstić information content (AvgIpc) is 2.66. The number of hydrogen-bond acceptors (Lipinski definition) is 4. The summed E-state index contributed by atoms with van der Waals surface area (Å²) >= 11 is 0. The number of carbonyl (C=O) groups excluding carboxylic acids is 2. The maximum absolute atomic E-state index is 11.3. The van der Waals surface area contributed by atoms with E-state index >= 15 is 0 Å². The molecular formula is C24H44Na2O4. The first-order chi connectivity index (χ1) is 13.5. The van der Waals surface area contributed by atoms with Crippen LogP contribution in [-0.2, 0) is 9.59 Å². The summed E-state index contributed by atoms with van der Waals surface area (Å²) in [4.78, 5) is 22.7. The fourth-order valence-electron chi connectivity index (χ4n) is 3.88. The SMILES string of the molecule is CCCCCCCCC(CCCCC(CCCCCCCC)C(=O)[O-])C(=O)[O-].[Na+].[Na+]. The molecule has 6 heteroatoms. The first-order valence-electron chi connectivity index (χ1n) is 11.9. The molecule has 2 atom stereocenters. The summed E-state index contributed by atoms with van der Waals surface area (Å²) in [5, 5.41) is 22.7. The summed E-state index contributed by atoms with van der Waals surface area (Å²) < 4.78 is 0. The fraction of sp³-hybridized carbons (Fsp3) is 0.917. The van der Waals surface area contributed by atoms with Gasteiger partial charge in [-0.2, -0.15) is 0 Å². The maximum atomic E-state index is 11.3. The number of carboxylic acid groups (broad SMARTS) is 2. The van der Waals surface area contributed by atoms with Gasteiger partial charge < -0.3 is 19.8 Å². The number of aliphatic carboxylic acids is 2. The monoisotopic (exact) mass is 442 g/mol. The third kappa shape index (κ3) is 22.1. The second-order valence-corrected chi connectivity index (χ2v) is 8.43. The molecule has 30 heavy (non-hydrogen) atoms. The van der Waals surface area contributed by atoms with E-state index in [9.17, 15) is 19.8 Å². The number of rotatable bonds is 21. The Morgan fingerprint density at radius 2 is 0.733 bits per heavy atom. The largest absolute Gasteiger partial charge is 1.00 e. The van der Waals surface area contributed by atoms with Crippen LogP contribution in [-0.4, -0.2) is 11.9 Å². The number of unbranched alkanes of at least 4 members (excludes halogenated alkanes) is 11. The third-order valence-corrected chi connectivity index (χ3v) is 5.83. The van der Waals surface area contributed by atoms with Gasteiger partial charge in [-0.1, -0.05) is 104 Å². The Balaban J connectivity index is -0.00000364. The molecule has 0 saturated heterocycles. The van der Waals surface area contributed by atoms with E-state index in [1.165, 1.54) is 51.4 Å². The van der Waals surface area contributed by atoms with Crippen molar-refractivity contribution in [2.45, 2.75) is 129 Å². The summed E-state index contributed by atoms with van der Waals surface area (Å²) in [6.45, 7) is 4.37. The van der Waals surface area contributed by atoms with Crippen LogP contribution in [0.5, 0.6) is 0 Å². The number of carbonyl (C=O) groups is 2. The molecule has 0 aliphatic carbocycles. The molecular weight excluding hydrogens is 398 g/mol. The zero-order valence-electron chi connectivity index (χ0n) is 20.5. The van der Waals surface area contributed by atoms with Crippen LogP contribution >= 0.6 is 0 Å².